The van der Waals surface area contributed by atoms with Crippen molar-refractivity contribution in [3.8, 4) is 45.8 Å². The second-order valence-electron chi connectivity index (χ2n) is 15.9. The Labute approximate surface area is 349 Å². The molecule has 9 aromatic carbocycles. The zero-order valence-electron chi connectivity index (χ0n) is 32.6. The van der Waals surface area contributed by atoms with Crippen molar-refractivity contribution in [2.45, 2.75) is 0 Å². The van der Waals surface area contributed by atoms with E-state index in [2.05, 4.69) is 202 Å². The molecule has 0 saturated heterocycles. The molecule has 4 heterocycles. The maximum absolute atomic E-state index is 10.9. The molecule has 61 heavy (non-hydrogen) atoms. The van der Waals surface area contributed by atoms with Crippen LogP contribution >= 0.6 is 0 Å². The first-order valence-electron chi connectivity index (χ1n) is 20.5. The average molecular weight is 774 g/mol. The van der Waals surface area contributed by atoms with Gasteiger partial charge in [0.1, 0.15) is 0 Å². The maximum Gasteiger partial charge on any atom is 0.0998 e. The lowest BCUT2D eigenvalue weighted by molar-refractivity contribution is 1.18. The largest absolute Gasteiger partial charge is 0.309 e. The Balaban J connectivity index is 1.07. The lowest BCUT2D eigenvalue weighted by atomic mass is 9.93. The topological polar surface area (TPSA) is 61.8 Å². The van der Waals surface area contributed by atoms with Gasteiger partial charge in [0.25, 0.3) is 0 Å². The van der Waals surface area contributed by atoms with E-state index in [0.717, 1.165) is 115 Å². The van der Waals surface area contributed by atoms with Crippen LogP contribution in [0.1, 0.15) is 11.1 Å². The summed E-state index contributed by atoms with van der Waals surface area (Å²) < 4.78 is 6.90. The van der Waals surface area contributed by atoms with E-state index in [9.17, 15) is 10.5 Å². The number of fused-ring (bicyclic) bond motifs is 12. The van der Waals surface area contributed by atoms with E-state index >= 15 is 0 Å². The molecule has 0 aliphatic carbocycles. The Morgan fingerprint density at radius 3 is 1.16 bits per heavy atom. The van der Waals surface area contributed by atoms with E-state index < -0.39 is 0 Å². The fourth-order valence-corrected chi connectivity index (χ4v) is 10.4. The highest BCUT2D eigenvalue weighted by molar-refractivity contribution is 6.26. The number of nitriles is 2. The van der Waals surface area contributed by atoms with Crippen molar-refractivity contribution in [2.24, 2.45) is 0 Å². The third-order valence-corrected chi connectivity index (χ3v) is 12.8. The summed E-state index contributed by atoms with van der Waals surface area (Å²) in [4.78, 5) is 0. The lowest BCUT2D eigenvalue weighted by Gasteiger charge is -2.11. The molecule has 13 rings (SSSR count). The third kappa shape index (κ3) is 4.47. The molecule has 0 atom stereocenters. The highest BCUT2D eigenvalue weighted by Crippen LogP contribution is 2.46. The van der Waals surface area contributed by atoms with Crippen LogP contribution in [0.2, 0.25) is 0 Å². The van der Waals surface area contributed by atoms with E-state index in [1.807, 2.05) is 12.1 Å². The van der Waals surface area contributed by atoms with E-state index in [-0.39, 0.29) is 0 Å². The number of benzene rings is 9. The van der Waals surface area contributed by atoms with Crippen LogP contribution in [0, 0.1) is 22.7 Å². The van der Waals surface area contributed by atoms with Crippen LogP contribution in [0.15, 0.2) is 188 Å². The van der Waals surface area contributed by atoms with Crippen LogP contribution in [0.4, 0.5) is 0 Å². The smallest absolute Gasteiger partial charge is 0.0998 e. The van der Waals surface area contributed by atoms with Crippen molar-refractivity contribution in [3.05, 3.63) is 199 Å². The van der Waals surface area contributed by atoms with Crippen molar-refractivity contribution in [2.75, 3.05) is 0 Å². The molecular formula is C56H31N5. The van der Waals surface area contributed by atoms with E-state index in [4.69, 9.17) is 0 Å². The van der Waals surface area contributed by atoms with Crippen molar-refractivity contribution in [1.82, 2.24) is 13.5 Å². The van der Waals surface area contributed by atoms with Gasteiger partial charge >= 0.3 is 0 Å². The summed E-state index contributed by atoms with van der Waals surface area (Å²) in [6, 6.07) is 71.1. The van der Waals surface area contributed by atoms with Crippen LogP contribution in [0.3, 0.4) is 0 Å². The van der Waals surface area contributed by atoms with Gasteiger partial charge in [0.15, 0.2) is 0 Å². The molecule has 5 nitrogen and oxygen atoms in total. The number of para-hydroxylation sites is 5. The summed E-state index contributed by atoms with van der Waals surface area (Å²) in [5.41, 5.74) is 14.6. The fourth-order valence-electron chi connectivity index (χ4n) is 10.4. The first kappa shape index (κ1) is 33.3. The summed E-state index contributed by atoms with van der Waals surface area (Å²) in [5, 5.41) is 30.7. The normalized spacial score (nSPS) is 11.9. The summed E-state index contributed by atoms with van der Waals surface area (Å²) in [5.74, 6) is 0. The van der Waals surface area contributed by atoms with Gasteiger partial charge in [-0.1, -0.05) is 115 Å². The van der Waals surface area contributed by atoms with Crippen LogP contribution < -0.4 is 0 Å². The predicted molar refractivity (Wildman–Crippen MR) is 250 cm³/mol. The van der Waals surface area contributed by atoms with Gasteiger partial charge in [-0.15, -0.1) is 0 Å². The molecule has 0 aliphatic heterocycles. The van der Waals surface area contributed by atoms with Gasteiger partial charge in [0, 0.05) is 65.6 Å². The molecule has 280 valence electrons. The minimum atomic E-state index is 0.601. The highest BCUT2D eigenvalue weighted by Gasteiger charge is 2.24. The van der Waals surface area contributed by atoms with Gasteiger partial charge in [-0.05, 0) is 83.9 Å². The minimum absolute atomic E-state index is 0.601. The van der Waals surface area contributed by atoms with Gasteiger partial charge in [-0.25, -0.2) is 0 Å². The van der Waals surface area contributed by atoms with Gasteiger partial charge in [0.2, 0.25) is 0 Å². The summed E-state index contributed by atoms with van der Waals surface area (Å²) in [6.45, 7) is 0. The number of hydrogen-bond acceptors (Lipinski definition) is 2. The molecule has 0 unspecified atom stereocenters. The zero-order chi connectivity index (χ0) is 40.3. The van der Waals surface area contributed by atoms with Gasteiger partial charge in [0.05, 0.1) is 61.9 Å². The van der Waals surface area contributed by atoms with Crippen molar-refractivity contribution in [1.29, 1.82) is 10.5 Å². The van der Waals surface area contributed by atoms with Gasteiger partial charge in [-0.2, -0.15) is 10.5 Å². The molecule has 0 N–H and O–H groups in total. The van der Waals surface area contributed by atoms with E-state index in [1.54, 1.807) is 0 Å². The Hall–Kier alpha value is -8.64. The molecule has 0 fully saturated rings. The van der Waals surface area contributed by atoms with E-state index in [0.29, 0.717) is 11.1 Å². The van der Waals surface area contributed by atoms with Crippen LogP contribution in [-0.2, 0) is 0 Å². The van der Waals surface area contributed by atoms with Gasteiger partial charge < -0.3 is 13.5 Å². The van der Waals surface area contributed by atoms with Crippen LogP contribution in [-0.4, -0.2) is 13.5 Å². The standard InChI is InChI=1S/C56H31N5/c57-32-34-28-52-46(30-44(34)38-20-12-26-50-54(38)42-18-7-9-24-48(42)59(50)36-14-3-1-4-15-36)40-22-11-23-41-47-31-45(35(33-58)29-53(47)61(52)56(40)41)39-21-13-27-51-55(39)43-19-8-10-25-49(43)60(51)37-16-5-2-6-17-37/h1-31H. The monoisotopic (exact) mass is 773 g/mol. The summed E-state index contributed by atoms with van der Waals surface area (Å²) in [7, 11) is 0. The second-order valence-corrected chi connectivity index (χ2v) is 15.9. The molecule has 0 saturated carbocycles. The number of nitrogens with zero attached hydrogens (tertiary/aromatic N) is 5. The van der Waals surface area contributed by atoms with Gasteiger partial charge in [-0.3, -0.25) is 0 Å². The molecule has 0 radical (unpaired) electrons. The summed E-state index contributed by atoms with van der Waals surface area (Å²) >= 11 is 0. The second kappa shape index (κ2) is 12.4. The number of hydrogen-bond donors (Lipinski definition) is 0. The first-order valence-corrected chi connectivity index (χ1v) is 20.5. The fraction of sp³-hybridized carbons (Fsp3) is 0. The van der Waals surface area contributed by atoms with Crippen molar-refractivity contribution >= 4 is 81.7 Å². The zero-order valence-corrected chi connectivity index (χ0v) is 32.6. The van der Waals surface area contributed by atoms with Crippen molar-refractivity contribution < 1.29 is 0 Å². The molecular weight excluding hydrogens is 743 g/mol. The lowest BCUT2D eigenvalue weighted by Crippen LogP contribution is -1.93. The predicted octanol–water partition coefficient (Wildman–Crippen LogP) is 14.1. The molecule has 4 aromatic heterocycles. The molecule has 0 spiro atoms. The number of aromatic nitrogens is 3. The highest BCUT2D eigenvalue weighted by atomic mass is 15.0. The molecule has 0 amide bonds. The summed E-state index contributed by atoms with van der Waals surface area (Å²) in [6.07, 6.45) is 0. The maximum atomic E-state index is 10.9. The average Bonchev–Trinajstić information content (AvgIpc) is 4.05. The van der Waals surface area contributed by atoms with Crippen LogP contribution in [0.25, 0.3) is 115 Å². The Kier molecular flexibility index (Phi) is 6.80. The quantitative estimate of drug-likeness (QED) is 0.179. The van der Waals surface area contributed by atoms with Crippen LogP contribution in [0.5, 0.6) is 0 Å². The molecule has 0 aliphatic rings. The molecule has 13 aromatic rings. The van der Waals surface area contributed by atoms with E-state index in [1.165, 1.54) is 0 Å². The van der Waals surface area contributed by atoms with Crippen molar-refractivity contribution in [3.63, 3.8) is 0 Å². The molecule has 5 heteroatoms. The Bertz CT molecular complexity index is 3800. The first-order chi connectivity index (χ1) is 30.2. The minimum Gasteiger partial charge on any atom is -0.309 e. The Morgan fingerprint density at radius 1 is 0.311 bits per heavy atom. The molecule has 0 bridgehead atoms. The number of rotatable bonds is 4. The Morgan fingerprint density at radius 2 is 0.705 bits per heavy atom. The third-order valence-electron chi connectivity index (χ3n) is 12.8. The SMILES string of the molecule is N#Cc1cc2c(cc1-c1cccc3c1c1ccccc1n3-c1ccccc1)c1cccc3c4cc(-c5cccc6c5c5ccccc5n6-c5ccccc5)c(C#N)cc4n2c13.